The third-order valence-electron chi connectivity index (χ3n) is 2.91. The molecule has 0 radical (unpaired) electrons. The number of para-hydroxylation sites is 1. The van der Waals surface area contributed by atoms with E-state index in [2.05, 4.69) is 20.8 Å². The Hall–Kier alpha value is -1.77. The molecule has 0 aliphatic rings. The van der Waals surface area contributed by atoms with Crippen LogP contribution in [-0.4, -0.2) is 4.89 Å². The van der Waals surface area contributed by atoms with Gasteiger partial charge in [0, 0.05) is 0 Å². The number of rotatable bonds is 4. The number of phosphoric ester groups is 1. The Morgan fingerprint density at radius 2 is 1.33 bits per heavy atom. The van der Waals surface area contributed by atoms with Crippen LogP contribution in [0.15, 0.2) is 54.6 Å². The van der Waals surface area contributed by atoms with Crippen molar-refractivity contribution in [1.29, 1.82) is 0 Å². The van der Waals surface area contributed by atoms with Crippen LogP contribution in [0.25, 0.3) is 0 Å². The highest BCUT2D eigenvalue weighted by molar-refractivity contribution is 7.48. The van der Waals surface area contributed by atoms with Gasteiger partial charge in [-0.15, -0.1) is 0 Å². The van der Waals surface area contributed by atoms with Gasteiger partial charge in [-0.05, 0) is 35.2 Å². The van der Waals surface area contributed by atoms with E-state index in [9.17, 15) is 9.46 Å². The predicted octanol–water partition coefficient (Wildman–Crippen LogP) is 4.54. The van der Waals surface area contributed by atoms with E-state index in [-0.39, 0.29) is 11.2 Å². The zero-order valence-electron chi connectivity index (χ0n) is 12.3. The van der Waals surface area contributed by atoms with Crippen molar-refractivity contribution in [3.63, 3.8) is 0 Å². The van der Waals surface area contributed by atoms with Gasteiger partial charge in [-0.25, -0.2) is 4.57 Å². The minimum absolute atomic E-state index is 0.0159. The molecule has 0 heterocycles. The van der Waals surface area contributed by atoms with Gasteiger partial charge in [-0.2, -0.15) is 0 Å². The van der Waals surface area contributed by atoms with Gasteiger partial charge in [0.2, 0.25) is 0 Å². The van der Waals surface area contributed by atoms with E-state index in [1.54, 1.807) is 42.5 Å². The zero-order chi connectivity index (χ0) is 15.5. The molecule has 2 rings (SSSR count). The van der Waals surface area contributed by atoms with Crippen molar-refractivity contribution < 1.29 is 18.5 Å². The Labute approximate surface area is 125 Å². The van der Waals surface area contributed by atoms with Gasteiger partial charge in [0.05, 0.1) is 0 Å². The second kappa shape index (κ2) is 5.92. The smallest absolute Gasteiger partial charge is 0.395 e. The molecule has 0 bridgehead atoms. The Morgan fingerprint density at radius 3 is 1.81 bits per heavy atom. The molecule has 0 spiro atoms. The highest BCUT2D eigenvalue weighted by Crippen LogP contribution is 2.44. The summed E-state index contributed by atoms with van der Waals surface area (Å²) in [6.45, 7) is 6.29. The van der Waals surface area contributed by atoms with Crippen LogP contribution in [0.4, 0.5) is 0 Å². The lowest BCUT2D eigenvalue weighted by Gasteiger charge is -2.19. The first-order valence-electron chi connectivity index (χ1n) is 6.64. The van der Waals surface area contributed by atoms with Gasteiger partial charge >= 0.3 is 7.82 Å². The highest BCUT2D eigenvalue weighted by Gasteiger charge is 2.25. The fraction of sp³-hybridized carbons (Fsp3) is 0.250. The fourth-order valence-corrected chi connectivity index (χ4v) is 2.60. The Bertz CT molecular complexity index is 630. The highest BCUT2D eigenvalue weighted by atomic mass is 31.2. The lowest BCUT2D eigenvalue weighted by atomic mass is 9.87. The molecule has 0 fully saturated rings. The predicted molar refractivity (Wildman–Crippen MR) is 82.7 cm³/mol. The first-order valence-corrected chi connectivity index (χ1v) is 8.13. The first-order chi connectivity index (χ1) is 9.76. The minimum Gasteiger partial charge on any atom is -0.395 e. The molecule has 4 nitrogen and oxygen atoms in total. The summed E-state index contributed by atoms with van der Waals surface area (Å²) >= 11 is 0. The lowest BCUT2D eigenvalue weighted by Crippen LogP contribution is -2.10. The second-order valence-corrected chi connectivity index (χ2v) is 7.04. The maximum Gasteiger partial charge on any atom is 0.584 e. The molecule has 0 saturated heterocycles. The molecule has 0 aliphatic heterocycles. The molecule has 2 aromatic rings. The third kappa shape index (κ3) is 4.62. The van der Waals surface area contributed by atoms with Gasteiger partial charge in [0.25, 0.3) is 0 Å². The van der Waals surface area contributed by atoms with Crippen molar-refractivity contribution in [2.75, 3.05) is 0 Å². The molecule has 1 unspecified atom stereocenters. The summed E-state index contributed by atoms with van der Waals surface area (Å²) in [4.78, 5) is 9.76. The molecule has 0 saturated carbocycles. The van der Waals surface area contributed by atoms with Crippen molar-refractivity contribution in [3.8, 4) is 11.5 Å². The minimum atomic E-state index is -4.19. The van der Waals surface area contributed by atoms with Crippen LogP contribution in [0.5, 0.6) is 11.5 Å². The average molecular weight is 306 g/mol. The van der Waals surface area contributed by atoms with E-state index in [0.29, 0.717) is 5.75 Å². The molecule has 21 heavy (non-hydrogen) atoms. The summed E-state index contributed by atoms with van der Waals surface area (Å²) in [7, 11) is -4.19. The SMILES string of the molecule is CC(C)(C)c1ccc(OP(=O)(O)Oc2ccccc2)cc1. The summed E-state index contributed by atoms with van der Waals surface area (Å²) < 4.78 is 22.0. The molecule has 0 amide bonds. The average Bonchev–Trinajstić information content (AvgIpc) is 2.38. The van der Waals surface area contributed by atoms with Crippen LogP contribution in [0.3, 0.4) is 0 Å². The van der Waals surface area contributed by atoms with Crippen molar-refractivity contribution in [2.45, 2.75) is 26.2 Å². The van der Waals surface area contributed by atoms with Gasteiger partial charge in [-0.1, -0.05) is 51.1 Å². The van der Waals surface area contributed by atoms with E-state index in [1.807, 2.05) is 12.1 Å². The summed E-state index contributed by atoms with van der Waals surface area (Å²) in [5.74, 6) is 0.583. The van der Waals surface area contributed by atoms with Gasteiger partial charge in [0.15, 0.2) is 0 Å². The van der Waals surface area contributed by atoms with Gasteiger partial charge < -0.3 is 9.05 Å². The van der Waals surface area contributed by atoms with E-state index >= 15 is 0 Å². The maximum absolute atomic E-state index is 11.9. The van der Waals surface area contributed by atoms with Gasteiger partial charge in [0.1, 0.15) is 11.5 Å². The fourth-order valence-electron chi connectivity index (χ4n) is 1.78. The molecule has 5 heteroatoms. The van der Waals surface area contributed by atoms with Crippen molar-refractivity contribution in [1.82, 2.24) is 0 Å². The third-order valence-corrected chi connectivity index (χ3v) is 3.79. The van der Waals surface area contributed by atoms with E-state index in [1.165, 1.54) is 0 Å². The van der Waals surface area contributed by atoms with Crippen molar-refractivity contribution >= 4 is 7.82 Å². The molecular formula is C16H19O4P. The summed E-state index contributed by atoms with van der Waals surface area (Å²) in [5, 5.41) is 0. The number of phosphoric acid groups is 1. The molecule has 1 N–H and O–H groups in total. The summed E-state index contributed by atoms with van der Waals surface area (Å²) in [5.41, 5.74) is 1.13. The normalized spacial score (nSPS) is 14.3. The van der Waals surface area contributed by atoms with Crippen LogP contribution < -0.4 is 9.05 Å². The molecule has 0 aliphatic carbocycles. The van der Waals surface area contributed by atoms with Crippen LogP contribution in [-0.2, 0) is 9.98 Å². The summed E-state index contributed by atoms with van der Waals surface area (Å²) in [6, 6.07) is 15.5. The largest absolute Gasteiger partial charge is 0.584 e. The first kappa shape index (κ1) is 15.6. The van der Waals surface area contributed by atoms with Crippen LogP contribution in [0.1, 0.15) is 26.3 Å². The molecule has 0 aromatic heterocycles. The number of hydrogen-bond acceptors (Lipinski definition) is 3. The molecule has 2 aromatic carbocycles. The number of hydrogen-bond donors (Lipinski definition) is 1. The molecular weight excluding hydrogens is 287 g/mol. The number of benzene rings is 2. The topological polar surface area (TPSA) is 55.8 Å². The van der Waals surface area contributed by atoms with E-state index in [4.69, 9.17) is 9.05 Å². The standard InChI is InChI=1S/C16H19O4P/c1-16(2,3)13-9-11-15(12-10-13)20-21(17,18)19-14-7-5-4-6-8-14/h4-12H,1-3H3,(H,17,18). The quantitative estimate of drug-likeness (QED) is 0.842. The van der Waals surface area contributed by atoms with Crippen molar-refractivity contribution in [3.05, 3.63) is 60.2 Å². The van der Waals surface area contributed by atoms with Gasteiger partial charge in [-0.3, -0.25) is 4.89 Å². The maximum atomic E-state index is 11.9. The zero-order valence-corrected chi connectivity index (χ0v) is 13.2. The molecule has 1 atom stereocenters. The Kier molecular flexibility index (Phi) is 4.40. The second-order valence-electron chi connectivity index (χ2n) is 5.74. The van der Waals surface area contributed by atoms with Crippen LogP contribution in [0.2, 0.25) is 0 Å². The lowest BCUT2D eigenvalue weighted by molar-refractivity contribution is 0.291. The Morgan fingerprint density at radius 1 is 0.857 bits per heavy atom. The Balaban J connectivity index is 2.08. The van der Waals surface area contributed by atoms with E-state index < -0.39 is 7.82 Å². The van der Waals surface area contributed by atoms with Crippen LogP contribution >= 0.6 is 7.82 Å². The summed E-state index contributed by atoms with van der Waals surface area (Å²) in [6.07, 6.45) is 0. The van der Waals surface area contributed by atoms with E-state index in [0.717, 1.165) is 5.56 Å². The van der Waals surface area contributed by atoms with Crippen LogP contribution in [0, 0.1) is 0 Å². The van der Waals surface area contributed by atoms with Crippen molar-refractivity contribution in [2.24, 2.45) is 0 Å². The monoisotopic (exact) mass is 306 g/mol. The molecule has 112 valence electrons.